The Balaban J connectivity index is 1.54. The zero-order valence-corrected chi connectivity index (χ0v) is 24.5. The molecule has 2 saturated heterocycles. The average molecular weight is 615 g/mol. The molecule has 0 aliphatic carbocycles. The number of phenolic OH excluding ortho intramolecular Hbond substituents is 1. The molecule has 1 spiro atoms. The van der Waals surface area contributed by atoms with Crippen LogP contribution in [0.15, 0.2) is 103 Å². The molecule has 0 aromatic heterocycles. The molecule has 1 amide bonds. The number of ether oxygens (including phenoxy) is 1. The first-order valence-corrected chi connectivity index (χ1v) is 15.0. The smallest absolute Gasteiger partial charge is 0.325 e. The Labute approximate surface area is 265 Å². The summed E-state index contributed by atoms with van der Waals surface area (Å²) < 4.78 is 6.19. The van der Waals surface area contributed by atoms with Crippen LogP contribution >= 0.6 is 0 Å². The topological polar surface area (TPSA) is 136 Å². The fourth-order valence-corrected chi connectivity index (χ4v) is 7.53. The van der Waals surface area contributed by atoms with Crippen LogP contribution in [0.5, 0.6) is 5.75 Å². The zero-order valence-electron chi connectivity index (χ0n) is 24.5. The maximum Gasteiger partial charge on any atom is 0.325 e. The number of aliphatic hydroxyl groups is 1. The van der Waals surface area contributed by atoms with Crippen molar-refractivity contribution in [1.82, 2.24) is 4.90 Å². The lowest BCUT2D eigenvalue weighted by molar-refractivity contribution is -0.179. The van der Waals surface area contributed by atoms with E-state index in [0.29, 0.717) is 22.4 Å². The summed E-state index contributed by atoms with van der Waals surface area (Å²) >= 11 is 0. The third-order valence-electron chi connectivity index (χ3n) is 9.25. The minimum absolute atomic E-state index is 0.000301. The molecule has 3 aliphatic heterocycles. The summed E-state index contributed by atoms with van der Waals surface area (Å²) in [5, 5.41) is 33.4. The lowest BCUT2D eigenvalue weighted by Crippen LogP contribution is -2.52. The molecule has 2 fully saturated rings. The molecule has 6 atom stereocenters. The third kappa shape index (κ3) is 4.45. The number of hydrogen-bond donors (Lipinski definition) is 4. The summed E-state index contributed by atoms with van der Waals surface area (Å²) in [5.74, 6) is 1.72. The number of aliphatic hydroxyl groups excluding tert-OH is 1. The number of esters is 1. The number of cyclic esters (lactones) is 1. The maximum absolute atomic E-state index is 14.6. The van der Waals surface area contributed by atoms with E-state index in [1.807, 2.05) is 65.6 Å². The lowest BCUT2D eigenvalue weighted by Gasteiger charge is -2.46. The normalized spacial score (nSPS) is 26.4. The lowest BCUT2D eigenvalue weighted by atomic mass is 9.65. The van der Waals surface area contributed by atoms with Crippen molar-refractivity contribution in [2.75, 3.05) is 11.9 Å². The Morgan fingerprint density at radius 2 is 1.54 bits per heavy atom. The number of phenols is 1. The van der Waals surface area contributed by atoms with E-state index in [1.165, 1.54) is 12.1 Å². The second-order valence-electron chi connectivity index (χ2n) is 11.7. The Morgan fingerprint density at radius 3 is 2.20 bits per heavy atom. The summed E-state index contributed by atoms with van der Waals surface area (Å²) in [6.07, 6.45) is -0.578. The summed E-state index contributed by atoms with van der Waals surface area (Å²) in [5.41, 5.74) is 1.62. The van der Waals surface area contributed by atoms with Crippen molar-refractivity contribution in [3.63, 3.8) is 0 Å². The number of amides is 1. The van der Waals surface area contributed by atoms with Gasteiger partial charge in [-0.1, -0.05) is 84.6 Å². The van der Waals surface area contributed by atoms with Crippen molar-refractivity contribution < 1.29 is 34.4 Å². The number of nitrogens with one attached hydrogen (secondary N) is 1. The highest BCUT2D eigenvalue weighted by Gasteiger charge is 2.74. The molecule has 3 heterocycles. The van der Waals surface area contributed by atoms with Crippen molar-refractivity contribution in [2.24, 2.45) is 5.92 Å². The van der Waals surface area contributed by atoms with E-state index in [1.54, 1.807) is 30.3 Å². The fraction of sp³-hybridized carbons (Fsp3) is 0.216. The Hall–Kier alpha value is -5.43. The van der Waals surface area contributed by atoms with E-state index >= 15 is 0 Å². The van der Waals surface area contributed by atoms with Crippen LogP contribution in [0.3, 0.4) is 0 Å². The molecule has 4 aromatic carbocycles. The van der Waals surface area contributed by atoms with E-state index in [9.17, 15) is 29.7 Å². The number of carbonyl (C=O) groups excluding carboxylic acids is 2. The van der Waals surface area contributed by atoms with Crippen molar-refractivity contribution >= 4 is 23.5 Å². The predicted molar refractivity (Wildman–Crippen MR) is 167 cm³/mol. The molecule has 4 N–H and O–H groups in total. The molecule has 7 rings (SSSR count). The van der Waals surface area contributed by atoms with Gasteiger partial charge in [0.2, 0.25) is 5.91 Å². The van der Waals surface area contributed by atoms with E-state index in [-0.39, 0.29) is 18.8 Å². The van der Waals surface area contributed by atoms with E-state index in [4.69, 9.17) is 4.74 Å². The molecule has 0 bridgehead atoms. The summed E-state index contributed by atoms with van der Waals surface area (Å²) in [4.78, 5) is 44.2. The van der Waals surface area contributed by atoms with Crippen LogP contribution in [0, 0.1) is 17.8 Å². The number of carboxylic acids is 1. The molecular weight excluding hydrogens is 584 g/mol. The molecule has 9 nitrogen and oxygen atoms in total. The number of nitrogens with zero attached hydrogens (tertiary/aromatic N) is 1. The first kappa shape index (κ1) is 29.3. The zero-order chi connectivity index (χ0) is 32.0. The molecule has 0 unspecified atom stereocenters. The predicted octanol–water partition coefficient (Wildman–Crippen LogP) is 4.48. The van der Waals surface area contributed by atoms with Crippen LogP contribution < -0.4 is 5.32 Å². The van der Waals surface area contributed by atoms with E-state index in [2.05, 4.69) is 17.2 Å². The van der Waals surface area contributed by atoms with Crippen LogP contribution in [-0.4, -0.2) is 50.7 Å². The van der Waals surface area contributed by atoms with Gasteiger partial charge in [0.05, 0.1) is 18.7 Å². The number of aromatic hydroxyl groups is 1. The van der Waals surface area contributed by atoms with Gasteiger partial charge in [-0.3, -0.25) is 19.3 Å². The summed E-state index contributed by atoms with van der Waals surface area (Å²) in [7, 11) is 0. The molecule has 0 radical (unpaired) electrons. The average Bonchev–Trinajstić information content (AvgIpc) is 3.54. The highest BCUT2D eigenvalue weighted by atomic mass is 16.6. The minimum atomic E-state index is -1.80. The molecule has 9 heteroatoms. The van der Waals surface area contributed by atoms with E-state index < -0.39 is 53.4 Å². The van der Waals surface area contributed by atoms with Gasteiger partial charge in [-0.2, -0.15) is 0 Å². The van der Waals surface area contributed by atoms with Gasteiger partial charge in [0.25, 0.3) is 0 Å². The van der Waals surface area contributed by atoms with Crippen LogP contribution in [0.25, 0.3) is 0 Å². The Kier molecular flexibility index (Phi) is 7.32. The number of carboxylic acid groups (broad SMARTS) is 1. The van der Waals surface area contributed by atoms with Gasteiger partial charge in [0, 0.05) is 17.7 Å². The van der Waals surface area contributed by atoms with Gasteiger partial charge in [0.1, 0.15) is 29.2 Å². The second-order valence-corrected chi connectivity index (χ2v) is 11.7. The number of carbonyl (C=O) groups is 3. The first-order chi connectivity index (χ1) is 22.4. The standard InChI is InChI=1S/C37H30N2O7/c40-20-8-7-9-22-14-19-28-27(21-22)37(36(45)38-28)29(34(42)43)31-35(44)46-32(24-12-5-2-6-13-24)30(23-10-3-1-4-11-23)39(31)33(37)25-15-17-26(41)18-16-25/h1-6,10-19,21,29-33,40-41H,8,20H2,(H,38,45)(H,42,43)/t29-,30-,31-,32+,33+,37-/m1/s1. The van der Waals surface area contributed by atoms with Crippen LogP contribution in [0.2, 0.25) is 0 Å². The molecular formula is C37H30N2O7. The number of morpholine rings is 1. The monoisotopic (exact) mass is 614 g/mol. The first-order valence-electron chi connectivity index (χ1n) is 15.0. The van der Waals surface area contributed by atoms with Crippen LogP contribution in [-0.2, 0) is 24.5 Å². The van der Waals surface area contributed by atoms with Crippen molar-refractivity contribution in [3.05, 3.63) is 131 Å². The molecule has 230 valence electrons. The largest absolute Gasteiger partial charge is 0.508 e. The number of rotatable bonds is 5. The van der Waals surface area contributed by atoms with Crippen molar-refractivity contribution in [3.8, 4) is 17.6 Å². The molecule has 3 aliphatic rings. The number of benzene rings is 4. The van der Waals surface area contributed by atoms with Crippen LogP contribution in [0.1, 0.15) is 52.4 Å². The highest BCUT2D eigenvalue weighted by Crippen LogP contribution is 2.64. The minimum Gasteiger partial charge on any atom is -0.508 e. The van der Waals surface area contributed by atoms with Gasteiger partial charge in [-0.25, -0.2) is 0 Å². The van der Waals surface area contributed by atoms with Gasteiger partial charge in [0.15, 0.2) is 0 Å². The van der Waals surface area contributed by atoms with Crippen molar-refractivity contribution in [2.45, 2.75) is 36.1 Å². The van der Waals surface area contributed by atoms with Crippen molar-refractivity contribution in [1.29, 1.82) is 0 Å². The number of fused-ring (bicyclic) bond motifs is 3. The fourth-order valence-electron chi connectivity index (χ4n) is 7.53. The van der Waals surface area contributed by atoms with Gasteiger partial charge in [-0.15, -0.1) is 0 Å². The Morgan fingerprint density at radius 1 is 0.870 bits per heavy atom. The number of anilines is 1. The molecule has 4 aromatic rings. The van der Waals surface area contributed by atoms with Gasteiger partial charge < -0.3 is 25.4 Å². The quantitative estimate of drug-likeness (QED) is 0.191. The highest BCUT2D eigenvalue weighted by molar-refractivity contribution is 6.11. The molecule has 0 saturated carbocycles. The van der Waals surface area contributed by atoms with E-state index in [0.717, 1.165) is 11.1 Å². The third-order valence-corrected chi connectivity index (χ3v) is 9.25. The number of hydrogen-bond acceptors (Lipinski definition) is 7. The van der Waals surface area contributed by atoms with Crippen LogP contribution in [0.4, 0.5) is 5.69 Å². The SMILES string of the molecule is O=C1O[C@@H](c2ccccc2)[C@@H](c2ccccc2)N2[C@@H](c3ccc(O)cc3)[C@]3(C(=O)Nc4ccc(C#CCCO)cc43)[C@@H](C(=O)O)[C@H]12. The van der Waals surface area contributed by atoms with Gasteiger partial charge >= 0.3 is 11.9 Å². The Bertz CT molecular complexity index is 1880. The number of aliphatic carboxylic acids is 1. The second kappa shape index (κ2) is 11.5. The summed E-state index contributed by atoms with van der Waals surface area (Å²) in [6, 6.07) is 27.1. The van der Waals surface area contributed by atoms with Gasteiger partial charge in [-0.05, 0) is 52.6 Å². The summed E-state index contributed by atoms with van der Waals surface area (Å²) in [6.45, 7) is -0.117. The maximum atomic E-state index is 14.6. The molecule has 46 heavy (non-hydrogen) atoms.